The van der Waals surface area contributed by atoms with Crippen LogP contribution in [-0.4, -0.2) is 0 Å². The van der Waals surface area contributed by atoms with Crippen LogP contribution in [-0.2, 0) is 0 Å². The van der Waals surface area contributed by atoms with Gasteiger partial charge in [0.25, 0.3) is 0 Å². The van der Waals surface area contributed by atoms with Crippen molar-refractivity contribution in [2.45, 2.75) is 85.0 Å². The number of benzene rings is 1. The molecule has 0 aliphatic heterocycles. The first-order chi connectivity index (χ1) is 9.90. The van der Waals surface area contributed by atoms with Crippen molar-refractivity contribution in [1.29, 1.82) is 0 Å². The standard InChI is InChI=1S/C21H34/c1-14(2)17-7-9-18(10-8-17)19-11-12-20(15(3)4)21(13-19)16(5)6/h11-18H,7-10H2,1-6H3. The first-order valence-corrected chi connectivity index (χ1v) is 9.03. The van der Waals surface area contributed by atoms with Crippen LogP contribution in [0.5, 0.6) is 0 Å². The maximum atomic E-state index is 2.53. The lowest BCUT2D eigenvalue weighted by Gasteiger charge is -2.31. The fraction of sp³-hybridized carbons (Fsp3) is 0.714. The van der Waals surface area contributed by atoms with Crippen molar-refractivity contribution < 1.29 is 0 Å². The molecule has 2 rings (SSSR count). The third-order valence-electron chi connectivity index (χ3n) is 5.54. The Bertz CT molecular complexity index is 445. The van der Waals surface area contributed by atoms with Gasteiger partial charge in [-0.25, -0.2) is 0 Å². The summed E-state index contributed by atoms with van der Waals surface area (Å²) in [6.45, 7) is 14.1. The van der Waals surface area contributed by atoms with Crippen LogP contribution in [0.3, 0.4) is 0 Å². The number of hydrogen-bond acceptors (Lipinski definition) is 0. The molecule has 1 aromatic carbocycles. The van der Waals surface area contributed by atoms with Crippen LogP contribution in [0.15, 0.2) is 18.2 Å². The van der Waals surface area contributed by atoms with Gasteiger partial charge in [-0.1, -0.05) is 59.7 Å². The molecular formula is C21H34. The Labute approximate surface area is 132 Å². The minimum absolute atomic E-state index is 0.633. The highest BCUT2D eigenvalue weighted by Gasteiger charge is 2.25. The molecular weight excluding hydrogens is 252 g/mol. The summed E-state index contributed by atoms with van der Waals surface area (Å²) in [6.07, 6.45) is 5.62. The summed E-state index contributed by atoms with van der Waals surface area (Å²) in [4.78, 5) is 0. The van der Waals surface area contributed by atoms with Crippen molar-refractivity contribution in [3.05, 3.63) is 34.9 Å². The van der Waals surface area contributed by atoms with Gasteiger partial charge in [0.1, 0.15) is 0 Å². The fourth-order valence-corrected chi connectivity index (χ4v) is 3.99. The third-order valence-corrected chi connectivity index (χ3v) is 5.54. The second-order valence-electron chi connectivity index (χ2n) is 8.05. The Morgan fingerprint density at radius 3 is 1.81 bits per heavy atom. The summed E-state index contributed by atoms with van der Waals surface area (Å²) in [6, 6.07) is 7.35. The van der Waals surface area contributed by atoms with Crippen molar-refractivity contribution in [2.24, 2.45) is 11.8 Å². The van der Waals surface area contributed by atoms with E-state index >= 15 is 0 Å². The van der Waals surface area contributed by atoms with Gasteiger partial charge in [0.15, 0.2) is 0 Å². The molecule has 1 fully saturated rings. The van der Waals surface area contributed by atoms with E-state index < -0.39 is 0 Å². The van der Waals surface area contributed by atoms with E-state index in [4.69, 9.17) is 0 Å². The lowest BCUT2D eigenvalue weighted by Crippen LogP contribution is -2.17. The Hall–Kier alpha value is -0.780. The average molecular weight is 287 g/mol. The monoisotopic (exact) mass is 286 g/mol. The molecule has 21 heavy (non-hydrogen) atoms. The highest BCUT2D eigenvalue weighted by Crippen LogP contribution is 2.40. The van der Waals surface area contributed by atoms with Crippen LogP contribution in [0.4, 0.5) is 0 Å². The summed E-state index contributed by atoms with van der Waals surface area (Å²) in [5, 5.41) is 0. The van der Waals surface area contributed by atoms with Crippen molar-refractivity contribution >= 4 is 0 Å². The molecule has 1 aromatic rings. The molecule has 0 radical (unpaired) electrons. The van der Waals surface area contributed by atoms with Crippen LogP contribution in [0, 0.1) is 11.8 Å². The predicted molar refractivity (Wildman–Crippen MR) is 94.2 cm³/mol. The van der Waals surface area contributed by atoms with E-state index in [0.717, 1.165) is 17.8 Å². The Morgan fingerprint density at radius 2 is 1.33 bits per heavy atom. The predicted octanol–water partition coefficient (Wildman–Crippen LogP) is 6.86. The molecule has 0 heterocycles. The third kappa shape index (κ3) is 3.90. The summed E-state index contributed by atoms with van der Waals surface area (Å²) in [5.41, 5.74) is 4.73. The van der Waals surface area contributed by atoms with Crippen LogP contribution < -0.4 is 0 Å². The SMILES string of the molecule is CC(C)c1ccc(C2CCC(C(C)C)CC2)cc1C(C)C. The number of rotatable bonds is 4. The first-order valence-electron chi connectivity index (χ1n) is 9.03. The van der Waals surface area contributed by atoms with Gasteiger partial charge < -0.3 is 0 Å². The normalized spacial score (nSPS) is 23.3. The molecule has 0 spiro atoms. The maximum Gasteiger partial charge on any atom is -0.0162 e. The molecule has 1 aliphatic rings. The van der Waals surface area contributed by atoms with E-state index in [2.05, 4.69) is 59.7 Å². The first kappa shape index (κ1) is 16.6. The Morgan fingerprint density at radius 1 is 0.762 bits per heavy atom. The largest absolute Gasteiger partial charge is 0.0625 e. The van der Waals surface area contributed by atoms with Gasteiger partial charge in [0.05, 0.1) is 0 Å². The quantitative estimate of drug-likeness (QED) is 0.567. The van der Waals surface area contributed by atoms with Gasteiger partial charge >= 0.3 is 0 Å². The summed E-state index contributed by atoms with van der Waals surface area (Å²) < 4.78 is 0. The van der Waals surface area contributed by atoms with Gasteiger partial charge in [0, 0.05) is 0 Å². The minimum Gasteiger partial charge on any atom is -0.0625 e. The zero-order valence-corrected chi connectivity index (χ0v) is 14.9. The summed E-state index contributed by atoms with van der Waals surface area (Å²) in [7, 11) is 0. The molecule has 0 N–H and O–H groups in total. The lowest BCUT2D eigenvalue weighted by atomic mass is 9.74. The molecule has 1 saturated carbocycles. The van der Waals surface area contributed by atoms with Gasteiger partial charge in [-0.3, -0.25) is 0 Å². The fourth-order valence-electron chi connectivity index (χ4n) is 3.99. The second-order valence-corrected chi connectivity index (χ2v) is 8.05. The van der Waals surface area contributed by atoms with Crippen molar-refractivity contribution in [1.82, 2.24) is 0 Å². The molecule has 0 aromatic heterocycles. The lowest BCUT2D eigenvalue weighted by molar-refractivity contribution is 0.259. The van der Waals surface area contributed by atoms with E-state index in [9.17, 15) is 0 Å². The Kier molecular flexibility index (Phi) is 5.52. The molecule has 0 bridgehead atoms. The zero-order chi connectivity index (χ0) is 15.6. The van der Waals surface area contributed by atoms with Crippen molar-refractivity contribution in [3.8, 4) is 0 Å². The van der Waals surface area contributed by atoms with Crippen LogP contribution >= 0.6 is 0 Å². The zero-order valence-electron chi connectivity index (χ0n) is 14.9. The molecule has 1 aliphatic carbocycles. The topological polar surface area (TPSA) is 0 Å². The molecule has 118 valence electrons. The van der Waals surface area contributed by atoms with Crippen LogP contribution in [0.25, 0.3) is 0 Å². The maximum absolute atomic E-state index is 2.53. The molecule has 0 heteroatoms. The summed E-state index contributed by atoms with van der Waals surface area (Å²) >= 11 is 0. The van der Waals surface area contributed by atoms with Gasteiger partial charge in [-0.2, -0.15) is 0 Å². The number of hydrogen-bond donors (Lipinski definition) is 0. The average Bonchev–Trinajstić information content (AvgIpc) is 2.46. The molecule has 0 saturated heterocycles. The van der Waals surface area contributed by atoms with E-state index in [1.165, 1.54) is 25.7 Å². The van der Waals surface area contributed by atoms with E-state index in [0.29, 0.717) is 11.8 Å². The van der Waals surface area contributed by atoms with Gasteiger partial charge in [0.2, 0.25) is 0 Å². The van der Waals surface area contributed by atoms with E-state index in [-0.39, 0.29) is 0 Å². The van der Waals surface area contributed by atoms with Gasteiger partial charge in [-0.05, 0) is 72.0 Å². The van der Waals surface area contributed by atoms with E-state index in [1.54, 1.807) is 16.7 Å². The van der Waals surface area contributed by atoms with Crippen molar-refractivity contribution in [2.75, 3.05) is 0 Å². The van der Waals surface area contributed by atoms with Gasteiger partial charge in [-0.15, -0.1) is 0 Å². The van der Waals surface area contributed by atoms with Crippen molar-refractivity contribution in [3.63, 3.8) is 0 Å². The Balaban J connectivity index is 2.16. The van der Waals surface area contributed by atoms with E-state index in [1.807, 2.05) is 0 Å². The summed E-state index contributed by atoms with van der Waals surface area (Å²) in [5.74, 6) is 3.89. The molecule has 0 atom stereocenters. The molecule has 0 unspecified atom stereocenters. The smallest absolute Gasteiger partial charge is 0.0162 e. The molecule has 0 amide bonds. The molecule has 0 nitrogen and oxygen atoms in total. The highest BCUT2D eigenvalue weighted by atomic mass is 14.3. The second kappa shape index (κ2) is 6.99. The minimum atomic E-state index is 0.633. The van der Waals surface area contributed by atoms with Crippen LogP contribution in [0.2, 0.25) is 0 Å². The van der Waals surface area contributed by atoms with Crippen LogP contribution in [0.1, 0.15) is 102 Å². The highest BCUT2D eigenvalue weighted by molar-refractivity contribution is 5.37.